The molecule has 4 nitrogen and oxygen atoms in total. The first-order valence-corrected chi connectivity index (χ1v) is 4.14. The number of nitrogens with zero attached hydrogens (tertiary/aromatic N) is 1. The Bertz CT molecular complexity index is 293. The monoisotopic (exact) mass is 202 g/mol. The minimum absolute atomic E-state index is 0.110. The Kier molecular flexibility index (Phi) is 3.48. The molecule has 0 aromatic carbocycles. The maximum Gasteiger partial charge on any atom is 0.219 e. The fraction of sp³-hybridized carbons (Fsp3) is 0.375. The molecule has 0 radical (unpaired) electrons. The van der Waals surface area contributed by atoms with E-state index in [0.29, 0.717) is 16.5 Å². The minimum atomic E-state index is -0.791. The van der Waals surface area contributed by atoms with Gasteiger partial charge in [0.1, 0.15) is 0 Å². The Morgan fingerprint density at radius 3 is 3.00 bits per heavy atom. The Labute approximate surface area is 81.3 Å². The summed E-state index contributed by atoms with van der Waals surface area (Å²) in [5.74, 6) is 0.349. The SMILES string of the molecule is COc1ncc(Cl)cc1C(O)CN. The third-order valence-electron chi connectivity index (χ3n) is 1.62. The van der Waals surface area contributed by atoms with Gasteiger partial charge in [-0.25, -0.2) is 4.98 Å². The van der Waals surface area contributed by atoms with Crippen LogP contribution in [0.5, 0.6) is 5.88 Å². The lowest BCUT2D eigenvalue weighted by atomic mass is 10.1. The van der Waals surface area contributed by atoms with Gasteiger partial charge in [-0.15, -0.1) is 0 Å². The minimum Gasteiger partial charge on any atom is -0.481 e. The van der Waals surface area contributed by atoms with E-state index in [9.17, 15) is 5.11 Å². The number of aliphatic hydroxyl groups excluding tert-OH is 1. The topological polar surface area (TPSA) is 68.4 Å². The second-order valence-electron chi connectivity index (χ2n) is 2.50. The van der Waals surface area contributed by atoms with Gasteiger partial charge in [0.15, 0.2) is 0 Å². The number of methoxy groups -OCH3 is 1. The van der Waals surface area contributed by atoms with Gasteiger partial charge in [-0.2, -0.15) is 0 Å². The lowest BCUT2D eigenvalue weighted by Gasteiger charge is -2.11. The Morgan fingerprint density at radius 2 is 2.46 bits per heavy atom. The van der Waals surface area contributed by atoms with E-state index in [2.05, 4.69) is 4.98 Å². The van der Waals surface area contributed by atoms with E-state index in [4.69, 9.17) is 22.1 Å². The molecule has 0 saturated carbocycles. The molecule has 5 heteroatoms. The predicted molar refractivity (Wildman–Crippen MR) is 49.8 cm³/mol. The quantitative estimate of drug-likeness (QED) is 0.759. The molecule has 1 aromatic heterocycles. The lowest BCUT2D eigenvalue weighted by molar-refractivity contribution is 0.181. The third kappa shape index (κ3) is 2.30. The molecule has 1 aromatic rings. The molecule has 1 unspecified atom stereocenters. The summed E-state index contributed by atoms with van der Waals surface area (Å²) in [5, 5.41) is 9.91. The van der Waals surface area contributed by atoms with E-state index in [1.165, 1.54) is 13.3 Å². The van der Waals surface area contributed by atoms with Gasteiger partial charge in [0.25, 0.3) is 0 Å². The highest BCUT2D eigenvalue weighted by molar-refractivity contribution is 6.30. The molecule has 0 amide bonds. The zero-order valence-electron chi connectivity index (χ0n) is 7.20. The molecular formula is C8H11ClN2O2. The number of aromatic nitrogens is 1. The zero-order valence-corrected chi connectivity index (χ0v) is 7.95. The van der Waals surface area contributed by atoms with E-state index in [-0.39, 0.29) is 6.54 Å². The van der Waals surface area contributed by atoms with Gasteiger partial charge in [-0.3, -0.25) is 0 Å². The summed E-state index contributed by atoms with van der Waals surface area (Å²) in [6.07, 6.45) is 0.661. The molecule has 0 saturated heterocycles. The molecule has 0 aliphatic heterocycles. The lowest BCUT2D eigenvalue weighted by Crippen LogP contribution is -2.13. The summed E-state index contributed by atoms with van der Waals surface area (Å²) in [4.78, 5) is 3.90. The summed E-state index contributed by atoms with van der Waals surface area (Å²) in [6.45, 7) is 0.110. The van der Waals surface area contributed by atoms with Gasteiger partial charge in [-0.05, 0) is 6.07 Å². The van der Waals surface area contributed by atoms with E-state index in [1.807, 2.05) is 0 Å². The van der Waals surface area contributed by atoms with Gasteiger partial charge in [-0.1, -0.05) is 11.6 Å². The first-order chi connectivity index (χ1) is 6.19. The molecule has 72 valence electrons. The standard InChI is InChI=1S/C8H11ClN2O2/c1-13-8-6(7(12)3-10)2-5(9)4-11-8/h2,4,7,12H,3,10H2,1H3. The first kappa shape index (κ1) is 10.2. The van der Waals surface area contributed by atoms with Crippen molar-refractivity contribution in [3.05, 3.63) is 22.8 Å². The number of halogens is 1. The van der Waals surface area contributed by atoms with E-state index < -0.39 is 6.10 Å². The van der Waals surface area contributed by atoms with Crippen LogP contribution < -0.4 is 10.5 Å². The Morgan fingerprint density at radius 1 is 1.77 bits per heavy atom. The normalized spacial score (nSPS) is 12.6. The largest absolute Gasteiger partial charge is 0.481 e. The van der Waals surface area contributed by atoms with E-state index >= 15 is 0 Å². The summed E-state index contributed by atoms with van der Waals surface area (Å²) >= 11 is 5.70. The van der Waals surface area contributed by atoms with Crippen molar-refractivity contribution < 1.29 is 9.84 Å². The highest BCUT2D eigenvalue weighted by atomic mass is 35.5. The van der Waals surface area contributed by atoms with E-state index in [1.54, 1.807) is 6.07 Å². The van der Waals surface area contributed by atoms with Crippen molar-refractivity contribution in [1.82, 2.24) is 4.98 Å². The molecular weight excluding hydrogens is 192 g/mol. The van der Waals surface area contributed by atoms with Crippen molar-refractivity contribution in [1.29, 1.82) is 0 Å². The van der Waals surface area contributed by atoms with Crippen LogP contribution in [0.25, 0.3) is 0 Å². The number of nitrogens with two attached hydrogens (primary N) is 1. The second kappa shape index (κ2) is 4.41. The van der Waals surface area contributed by atoms with Crippen LogP contribution in [-0.4, -0.2) is 23.7 Å². The summed E-state index contributed by atoms with van der Waals surface area (Å²) in [7, 11) is 1.48. The maximum atomic E-state index is 9.46. The Balaban J connectivity index is 3.07. The number of rotatable bonds is 3. The Hall–Kier alpha value is -0.840. The second-order valence-corrected chi connectivity index (χ2v) is 2.94. The summed E-state index contributed by atoms with van der Waals surface area (Å²) < 4.78 is 4.94. The van der Waals surface area contributed by atoms with Crippen molar-refractivity contribution in [2.45, 2.75) is 6.10 Å². The van der Waals surface area contributed by atoms with Crippen LogP contribution >= 0.6 is 11.6 Å². The van der Waals surface area contributed by atoms with Crippen LogP contribution in [0.4, 0.5) is 0 Å². The van der Waals surface area contributed by atoms with Gasteiger partial charge in [0.05, 0.1) is 18.2 Å². The number of hydrogen-bond donors (Lipinski definition) is 2. The van der Waals surface area contributed by atoms with Gasteiger partial charge in [0, 0.05) is 18.3 Å². The van der Waals surface area contributed by atoms with Crippen molar-refractivity contribution in [2.75, 3.05) is 13.7 Å². The number of aliphatic hydroxyl groups is 1. The molecule has 0 aliphatic rings. The van der Waals surface area contributed by atoms with Crippen molar-refractivity contribution in [3.63, 3.8) is 0 Å². The number of ether oxygens (including phenoxy) is 1. The molecule has 1 atom stereocenters. The van der Waals surface area contributed by atoms with Gasteiger partial charge < -0.3 is 15.6 Å². The average molecular weight is 203 g/mol. The number of hydrogen-bond acceptors (Lipinski definition) is 4. The molecule has 0 aliphatic carbocycles. The predicted octanol–water partition coefficient (Wildman–Crippen LogP) is 0.736. The third-order valence-corrected chi connectivity index (χ3v) is 1.83. The van der Waals surface area contributed by atoms with Crippen LogP contribution in [0.3, 0.4) is 0 Å². The highest BCUT2D eigenvalue weighted by Crippen LogP contribution is 2.24. The van der Waals surface area contributed by atoms with Crippen LogP contribution in [-0.2, 0) is 0 Å². The molecule has 13 heavy (non-hydrogen) atoms. The molecule has 0 fully saturated rings. The number of pyridine rings is 1. The molecule has 1 rings (SSSR count). The first-order valence-electron chi connectivity index (χ1n) is 3.76. The highest BCUT2D eigenvalue weighted by Gasteiger charge is 2.13. The van der Waals surface area contributed by atoms with Crippen LogP contribution in [0.2, 0.25) is 5.02 Å². The molecule has 0 bridgehead atoms. The van der Waals surface area contributed by atoms with Crippen molar-refractivity contribution in [2.24, 2.45) is 5.73 Å². The fourth-order valence-corrected chi connectivity index (χ4v) is 1.14. The summed E-state index contributed by atoms with van der Waals surface area (Å²) in [5.41, 5.74) is 5.81. The van der Waals surface area contributed by atoms with Crippen molar-refractivity contribution in [3.8, 4) is 5.88 Å². The van der Waals surface area contributed by atoms with E-state index in [0.717, 1.165) is 0 Å². The zero-order chi connectivity index (χ0) is 9.84. The van der Waals surface area contributed by atoms with Crippen LogP contribution in [0.15, 0.2) is 12.3 Å². The van der Waals surface area contributed by atoms with Crippen molar-refractivity contribution >= 4 is 11.6 Å². The molecule has 0 spiro atoms. The molecule has 3 N–H and O–H groups in total. The summed E-state index contributed by atoms with van der Waals surface area (Å²) in [6, 6.07) is 1.59. The van der Waals surface area contributed by atoms with Crippen LogP contribution in [0.1, 0.15) is 11.7 Å². The maximum absolute atomic E-state index is 9.46. The smallest absolute Gasteiger partial charge is 0.219 e. The molecule has 1 heterocycles. The van der Waals surface area contributed by atoms with Crippen LogP contribution in [0, 0.1) is 0 Å². The van der Waals surface area contributed by atoms with Gasteiger partial charge in [0.2, 0.25) is 5.88 Å². The fourth-order valence-electron chi connectivity index (χ4n) is 0.979. The average Bonchev–Trinajstić information content (AvgIpc) is 2.16. The van der Waals surface area contributed by atoms with Gasteiger partial charge >= 0.3 is 0 Å².